The molecule has 2 N–H and O–H groups in total. The fourth-order valence-corrected chi connectivity index (χ4v) is 3.20. The van der Waals surface area contributed by atoms with Crippen LogP contribution in [0.3, 0.4) is 0 Å². The fraction of sp³-hybridized carbons (Fsp3) is 0.375. The van der Waals surface area contributed by atoms with Crippen molar-refractivity contribution >= 4 is 28.6 Å². The topological polar surface area (TPSA) is 38.5 Å². The average molecular weight is 325 g/mol. The molecule has 0 fully saturated rings. The average Bonchev–Trinajstić information content (AvgIpc) is 2.90. The van der Waals surface area contributed by atoms with Crippen LogP contribution >= 0.6 is 22.9 Å². The molecule has 0 spiro atoms. The first kappa shape index (κ1) is 16.1. The van der Waals surface area contributed by atoms with Crippen LogP contribution in [0.4, 0.5) is 5.69 Å². The molecule has 114 valence electrons. The minimum atomic E-state index is -0.176. The molecule has 21 heavy (non-hydrogen) atoms. The lowest BCUT2D eigenvalue weighted by Gasteiger charge is -2.24. The summed E-state index contributed by atoms with van der Waals surface area (Å²) in [4.78, 5) is 3.11. The Morgan fingerprint density at radius 3 is 2.62 bits per heavy atom. The zero-order valence-corrected chi connectivity index (χ0v) is 14.1. The predicted octanol–water partition coefficient (Wildman–Crippen LogP) is 4.32. The molecular formula is C16H21ClN2OS. The number of halogens is 1. The van der Waals surface area contributed by atoms with Gasteiger partial charge in [0.1, 0.15) is 11.9 Å². The molecule has 0 aliphatic rings. The Morgan fingerprint density at radius 2 is 2.05 bits per heavy atom. The number of nitrogens with zero attached hydrogens (tertiary/aromatic N) is 1. The van der Waals surface area contributed by atoms with Crippen molar-refractivity contribution in [1.29, 1.82) is 0 Å². The zero-order valence-electron chi connectivity index (χ0n) is 12.5. The Hall–Kier alpha value is -1.23. The van der Waals surface area contributed by atoms with E-state index in [1.807, 2.05) is 55.4 Å². The number of hydrogen-bond donors (Lipinski definition) is 1. The van der Waals surface area contributed by atoms with Crippen molar-refractivity contribution in [3.05, 3.63) is 45.6 Å². The van der Waals surface area contributed by atoms with Crippen molar-refractivity contribution in [1.82, 2.24) is 0 Å². The highest BCUT2D eigenvalue weighted by molar-refractivity contribution is 7.16. The van der Waals surface area contributed by atoms with Crippen molar-refractivity contribution in [3.8, 4) is 5.75 Å². The Kier molecular flexibility index (Phi) is 5.51. The Balaban J connectivity index is 2.25. The first-order valence-corrected chi connectivity index (χ1v) is 8.15. The van der Waals surface area contributed by atoms with Crippen LogP contribution in [-0.2, 0) is 0 Å². The summed E-state index contributed by atoms with van der Waals surface area (Å²) in [6.07, 6.45) is 0.665. The first-order chi connectivity index (χ1) is 10.0. The number of rotatable bonds is 6. The second kappa shape index (κ2) is 7.16. The number of benzene rings is 1. The summed E-state index contributed by atoms with van der Waals surface area (Å²) in [5.41, 5.74) is 7.33. The van der Waals surface area contributed by atoms with E-state index in [1.165, 1.54) is 11.3 Å². The van der Waals surface area contributed by atoms with E-state index in [0.29, 0.717) is 0 Å². The molecule has 1 aromatic carbocycles. The van der Waals surface area contributed by atoms with E-state index in [9.17, 15) is 0 Å². The van der Waals surface area contributed by atoms with Gasteiger partial charge in [0.15, 0.2) is 0 Å². The summed E-state index contributed by atoms with van der Waals surface area (Å²) in [6.45, 7) is 2.06. The van der Waals surface area contributed by atoms with Gasteiger partial charge in [-0.05, 0) is 30.7 Å². The molecule has 1 aromatic heterocycles. The Morgan fingerprint density at radius 1 is 1.29 bits per heavy atom. The van der Waals surface area contributed by atoms with Gasteiger partial charge in [-0.25, -0.2) is 0 Å². The van der Waals surface area contributed by atoms with E-state index in [1.54, 1.807) is 0 Å². The van der Waals surface area contributed by atoms with Crippen LogP contribution in [0.1, 0.15) is 24.3 Å². The van der Waals surface area contributed by atoms with Crippen molar-refractivity contribution in [2.45, 2.75) is 25.5 Å². The van der Waals surface area contributed by atoms with Crippen molar-refractivity contribution in [3.63, 3.8) is 0 Å². The number of anilines is 1. The first-order valence-electron chi connectivity index (χ1n) is 6.96. The van der Waals surface area contributed by atoms with Crippen LogP contribution in [0.5, 0.6) is 5.75 Å². The highest BCUT2D eigenvalue weighted by atomic mass is 35.5. The molecule has 1 heterocycles. The van der Waals surface area contributed by atoms with Crippen LogP contribution in [0.15, 0.2) is 36.4 Å². The summed E-state index contributed by atoms with van der Waals surface area (Å²) in [6, 6.07) is 11.8. The fourth-order valence-electron chi connectivity index (χ4n) is 2.03. The molecule has 0 saturated carbocycles. The molecule has 2 rings (SSSR count). The summed E-state index contributed by atoms with van der Waals surface area (Å²) >= 11 is 7.56. The second-order valence-corrected chi connectivity index (χ2v) is 6.89. The molecule has 3 nitrogen and oxygen atoms in total. The van der Waals surface area contributed by atoms with E-state index in [4.69, 9.17) is 22.1 Å². The van der Waals surface area contributed by atoms with Crippen molar-refractivity contribution < 1.29 is 4.74 Å². The molecule has 0 amide bonds. The maximum atomic E-state index is 6.23. The van der Waals surface area contributed by atoms with Crippen LogP contribution in [0.25, 0.3) is 0 Å². The summed E-state index contributed by atoms with van der Waals surface area (Å²) in [7, 11) is 4.01. The van der Waals surface area contributed by atoms with Gasteiger partial charge in [-0.3, -0.25) is 0 Å². The van der Waals surface area contributed by atoms with Gasteiger partial charge in [-0.15, -0.1) is 11.3 Å². The standard InChI is InChI=1S/C16H21ClN2OS/c1-4-13(18)16(14-8-9-15(17)21-14)20-12-7-5-6-11(10-12)19(2)3/h5-10,13,16H,4,18H2,1-3H3. The van der Waals surface area contributed by atoms with Gasteiger partial charge >= 0.3 is 0 Å². The molecule has 2 aromatic rings. The van der Waals surface area contributed by atoms with Crippen LogP contribution in [0, 0.1) is 0 Å². The third kappa shape index (κ3) is 4.13. The van der Waals surface area contributed by atoms with E-state index in [-0.39, 0.29) is 12.1 Å². The van der Waals surface area contributed by atoms with Gasteiger partial charge in [0.05, 0.1) is 4.34 Å². The van der Waals surface area contributed by atoms with Gasteiger partial charge in [0.25, 0.3) is 0 Å². The number of thiophene rings is 1. The van der Waals surface area contributed by atoms with E-state index >= 15 is 0 Å². The highest BCUT2D eigenvalue weighted by Gasteiger charge is 2.22. The molecular weight excluding hydrogens is 304 g/mol. The number of nitrogens with two attached hydrogens (primary N) is 1. The van der Waals surface area contributed by atoms with E-state index in [0.717, 1.165) is 27.1 Å². The molecule has 0 bridgehead atoms. The largest absolute Gasteiger partial charge is 0.483 e. The molecule has 2 unspecified atom stereocenters. The third-order valence-corrected chi connectivity index (χ3v) is 4.62. The quantitative estimate of drug-likeness (QED) is 0.859. The molecule has 5 heteroatoms. The summed E-state index contributed by atoms with van der Waals surface area (Å²) in [5, 5.41) is 0. The van der Waals surface area contributed by atoms with Gasteiger partial charge < -0.3 is 15.4 Å². The maximum Gasteiger partial charge on any atom is 0.148 e. The number of ether oxygens (including phenoxy) is 1. The van der Waals surface area contributed by atoms with Gasteiger partial charge in [-0.1, -0.05) is 24.6 Å². The predicted molar refractivity (Wildman–Crippen MR) is 91.7 cm³/mol. The minimum Gasteiger partial charge on any atom is -0.483 e. The third-order valence-electron chi connectivity index (χ3n) is 3.33. The normalized spacial score (nSPS) is 13.8. The highest BCUT2D eigenvalue weighted by Crippen LogP contribution is 2.33. The Bertz CT molecular complexity index is 585. The molecule has 0 saturated heterocycles. The number of hydrogen-bond acceptors (Lipinski definition) is 4. The SMILES string of the molecule is CCC(N)C(Oc1cccc(N(C)C)c1)c1ccc(Cl)s1. The van der Waals surface area contributed by atoms with E-state index in [2.05, 4.69) is 6.92 Å². The molecule has 2 atom stereocenters. The van der Waals surface area contributed by atoms with Gasteiger partial charge in [0, 0.05) is 36.8 Å². The maximum absolute atomic E-state index is 6.23. The molecule has 0 radical (unpaired) electrons. The van der Waals surface area contributed by atoms with Crippen LogP contribution in [0.2, 0.25) is 4.34 Å². The molecule has 0 aliphatic heterocycles. The lowest BCUT2D eigenvalue weighted by Crippen LogP contribution is -2.30. The second-order valence-electron chi connectivity index (χ2n) is 5.14. The summed E-state index contributed by atoms with van der Waals surface area (Å²) in [5.74, 6) is 0.819. The Labute approximate surface area is 135 Å². The van der Waals surface area contributed by atoms with Crippen molar-refractivity contribution in [2.24, 2.45) is 5.73 Å². The minimum absolute atomic E-state index is 0.0669. The van der Waals surface area contributed by atoms with Gasteiger partial charge in [0.2, 0.25) is 0 Å². The smallest absolute Gasteiger partial charge is 0.148 e. The van der Waals surface area contributed by atoms with Crippen LogP contribution in [-0.4, -0.2) is 20.1 Å². The lowest BCUT2D eigenvalue weighted by molar-refractivity contribution is 0.174. The van der Waals surface area contributed by atoms with Crippen molar-refractivity contribution in [2.75, 3.05) is 19.0 Å². The van der Waals surface area contributed by atoms with Gasteiger partial charge in [-0.2, -0.15) is 0 Å². The van der Waals surface area contributed by atoms with Crippen LogP contribution < -0.4 is 15.4 Å². The van der Waals surface area contributed by atoms with E-state index < -0.39 is 0 Å². The monoisotopic (exact) mass is 324 g/mol. The molecule has 0 aliphatic carbocycles. The summed E-state index contributed by atoms with van der Waals surface area (Å²) < 4.78 is 6.91. The lowest BCUT2D eigenvalue weighted by atomic mass is 10.1. The zero-order chi connectivity index (χ0) is 15.4.